The summed E-state index contributed by atoms with van der Waals surface area (Å²) in [7, 11) is 0. The van der Waals surface area contributed by atoms with Gasteiger partial charge < -0.3 is 20.5 Å². The van der Waals surface area contributed by atoms with Crippen LogP contribution in [0.15, 0.2) is 48.5 Å². The lowest BCUT2D eigenvalue weighted by Crippen LogP contribution is -2.17. The van der Waals surface area contributed by atoms with Gasteiger partial charge in [0.2, 0.25) is 5.95 Å². The second-order valence-corrected chi connectivity index (χ2v) is 6.82. The standard InChI is InChI=1S/C19H13Cl2F3N4O3/c20-12-5-2-6-13(21)17(12)27-15-8-14(26-18(28-15)25-9-16(29)30)10-3-1-4-11(7-10)31-19(22,23)24/h1-8H,9H2,(H,29,30)(H2,25,26,27,28). The Bertz CT molecular complexity index is 1090. The molecule has 162 valence electrons. The molecule has 2 aromatic carbocycles. The van der Waals surface area contributed by atoms with Crippen molar-refractivity contribution in [3.63, 3.8) is 0 Å². The maximum absolute atomic E-state index is 12.5. The first-order chi connectivity index (χ1) is 14.6. The zero-order valence-corrected chi connectivity index (χ0v) is 16.9. The van der Waals surface area contributed by atoms with Crippen molar-refractivity contribution in [1.29, 1.82) is 0 Å². The summed E-state index contributed by atoms with van der Waals surface area (Å²) in [6.07, 6.45) is -4.86. The van der Waals surface area contributed by atoms with Gasteiger partial charge in [0.25, 0.3) is 0 Å². The van der Waals surface area contributed by atoms with Crippen molar-refractivity contribution in [2.24, 2.45) is 0 Å². The zero-order chi connectivity index (χ0) is 22.6. The summed E-state index contributed by atoms with van der Waals surface area (Å²) in [5, 5.41) is 14.9. The smallest absolute Gasteiger partial charge is 0.480 e. The number of nitrogens with zero attached hydrogens (tertiary/aromatic N) is 2. The van der Waals surface area contributed by atoms with Gasteiger partial charge in [-0.15, -0.1) is 13.2 Å². The minimum absolute atomic E-state index is 0.0762. The molecule has 0 aliphatic carbocycles. The van der Waals surface area contributed by atoms with E-state index in [9.17, 15) is 18.0 Å². The maximum Gasteiger partial charge on any atom is 0.573 e. The highest BCUT2D eigenvalue weighted by atomic mass is 35.5. The topological polar surface area (TPSA) is 96.4 Å². The van der Waals surface area contributed by atoms with Crippen molar-refractivity contribution in [2.45, 2.75) is 6.36 Å². The van der Waals surface area contributed by atoms with Crippen LogP contribution in [0.3, 0.4) is 0 Å². The number of benzene rings is 2. The minimum atomic E-state index is -4.86. The molecule has 0 bridgehead atoms. The summed E-state index contributed by atoms with van der Waals surface area (Å²) in [6.45, 7) is -0.479. The predicted octanol–water partition coefficient (Wildman–Crippen LogP) is 5.59. The molecule has 1 aromatic heterocycles. The van der Waals surface area contributed by atoms with E-state index in [0.29, 0.717) is 15.7 Å². The molecule has 0 atom stereocenters. The van der Waals surface area contributed by atoms with E-state index in [4.69, 9.17) is 28.3 Å². The van der Waals surface area contributed by atoms with Crippen LogP contribution in [0.2, 0.25) is 10.0 Å². The molecule has 0 fully saturated rings. The van der Waals surface area contributed by atoms with Crippen LogP contribution >= 0.6 is 23.2 Å². The fraction of sp³-hybridized carbons (Fsp3) is 0.105. The molecule has 7 nitrogen and oxygen atoms in total. The van der Waals surface area contributed by atoms with Crippen molar-refractivity contribution < 1.29 is 27.8 Å². The van der Waals surface area contributed by atoms with Gasteiger partial charge in [-0.3, -0.25) is 4.79 Å². The summed E-state index contributed by atoms with van der Waals surface area (Å²) < 4.78 is 41.6. The number of alkyl halides is 3. The van der Waals surface area contributed by atoms with E-state index in [1.807, 2.05) is 0 Å². The molecule has 3 rings (SSSR count). The Labute approximate surface area is 183 Å². The average Bonchev–Trinajstić information content (AvgIpc) is 2.68. The Morgan fingerprint density at radius 2 is 1.74 bits per heavy atom. The number of halogens is 5. The molecule has 0 amide bonds. The van der Waals surface area contributed by atoms with E-state index in [2.05, 4.69) is 25.3 Å². The van der Waals surface area contributed by atoms with Crippen LogP contribution in [0, 0.1) is 0 Å². The first-order valence-electron chi connectivity index (χ1n) is 8.53. The van der Waals surface area contributed by atoms with Gasteiger partial charge in [0.15, 0.2) is 0 Å². The molecule has 3 aromatic rings. The summed E-state index contributed by atoms with van der Waals surface area (Å²) in [6, 6.07) is 11.4. The van der Waals surface area contributed by atoms with Crippen molar-refractivity contribution >= 4 is 46.6 Å². The number of hydrogen-bond acceptors (Lipinski definition) is 6. The second-order valence-electron chi connectivity index (χ2n) is 6.01. The van der Waals surface area contributed by atoms with E-state index in [1.165, 1.54) is 18.2 Å². The van der Waals surface area contributed by atoms with Gasteiger partial charge >= 0.3 is 12.3 Å². The van der Waals surface area contributed by atoms with Gasteiger partial charge in [-0.05, 0) is 24.3 Å². The van der Waals surface area contributed by atoms with Crippen LogP contribution in [-0.2, 0) is 4.79 Å². The molecule has 0 aliphatic rings. The average molecular weight is 473 g/mol. The molecule has 3 N–H and O–H groups in total. The fourth-order valence-electron chi connectivity index (χ4n) is 2.49. The molecule has 0 spiro atoms. The van der Waals surface area contributed by atoms with E-state index < -0.39 is 24.6 Å². The monoisotopic (exact) mass is 472 g/mol. The fourth-order valence-corrected chi connectivity index (χ4v) is 2.98. The van der Waals surface area contributed by atoms with Gasteiger partial charge in [0.05, 0.1) is 21.4 Å². The van der Waals surface area contributed by atoms with Crippen LogP contribution in [0.1, 0.15) is 0 Å². The number of para-hydroxylation sites is 1. The van der Waals surface area contributed by atoms with Crippen molar-refractivity contribution in [3.8, 4) is 17.0 Å². The molecule has 31 heavy (non-hydrogen) atoms. The Morgan fingerprint density at radius 1 is 1.06 bits per heavy atom. The van der Waals surface area contributed by atoms with E-state index >= 15 is 0 Å². The lowest BCUT2D eigenvalue weighted by molar-refractivity contribution is -0.274. The SMILES string of the molecule is O=C(O)CNc1nc(Nc2c(Cl)cccc2Cl)cc(-c2cccc(OC(F)(F)F)c2)n1. The Morgan fingerprint density at radius 3 is 2.39 bits per heavy atom. The first kappa shape index (κ1) is 22.4. The van der Waals surface area contributed by atoms with Crippen molar-refractivity contribution in [3.05, 3.63) is 58.6 Å². The maximum atomic E-state index is 12.5. The van der Waals surface area contributed by atoms with Crippen LogP contribution in [0.5, 0.6) is 5.75 Å². The summed E-state index contributed by atoms with van der Waals surface area (Å²) in [4.78, 5) is 19.2. The van der Waals surface area contributed by atoms with Gasteiger partial charge in [0, 0.05) is 11.6 Å². The number of anilines is 3. The van der Waals surface area contributed by atoms with Gasteiger partial charge in [-0.25, -0.2) is 4.98 Å². The molecule has 0 unspecified atom stereocenters. The van der Waals surface area contributed by atoms with Gasteiger partial charge in [-0.2, -0.15) is 4.98 Å². The minimum Gasteiger partial charge on any atom is -0.480 e. The molecule has 0 saturated heterocycles. The molecule has 0 aliphatic heterocycles. The highest BCUT2D eigenvalue weighted by Crippen LogP contribution is 2.34. The van der Waals surface area contributed by atoms with Crippen molar-refractivity contribution in [2.75, 3.05) is 17.2 Å². The van der Waals surface area contributed by atoms with Crippen LogP contribution in [0.25, 0.3) is 11.3 Å². The van der Waals surface area contributed by atoms with Gasteiger partial charge in [-0.1, -0.05) is 41.4 Å². The van der Waals surface area contributed by atoms with E-state index in [1.54, 1.807) is 18.2 Å². The number of carbonyl (C=O) groups is 1. The van der Waals surface area contributed by atoms with E-state index in [0.717, 1.165) is 12.1 Å². The first-order valence-corrected chi connectivity index (χ1v) is 9.28. The third kappa shape index (κ3) is 6.37. The Balaban J connectivity index is 2.01. The molecule has 0 radical (unpaired) electrons. The lowest BCUT2D eigenvalue weighted by Gasteiger charge is -2.14. The number of rotatable bonds is 7. The summed E-state index contributed by atoms with van der Waals surface area (Å²) in [5.41, 5.74) is 0.811. The number of aliphatic carboxylic acids is 1. The molecule has 12 heteroatoms. The lowest BCUT2D eigenvalue weighted by atomic mass is 10.1. The molecular weight excluding hydrogens is 460 g/mol. The Hall–Kier alpha value is -3.24. The summed E-state index contributed by atoms with van der Waals surface area (Å²) >= 11 is 12.3. The number of nitrogens with one attached hydrogen (secondary N) is 2. The van der Waals surface area contributed by atoms with E-state index in [-0.39, 0.29) is 23.0 Å². The highest BCUT2D eigenvalue weighted by molar-refractivity contribution is 6.39. The zero-order valence-electron chi connectivity index (χ0n) is 15.4. The number of carboxylic acids is 1. The molecule has 0 saturated carbocycles. The summed E-state index contributed by atoms with van der Waals surface area (Å²) in [5.74, 6) is -1.49. The highest BCUT2D eigenvalue weighted by Gasteiger charge is 2.31. The van der Waals surface area contributed by atoms with Crippen LogP contribution in [-0.4, -0.2) is 34.0 Å². The number of hydrogen-bond donors (Lipinski definition) is 3. The third-order valence-corrected chi connectivity index (χ3v) is 4.33. The molecule has 1 heterocycles. The number of ether oxygens (including phenoxy) is 1. The normalized spacial score (nSPS) is 11.1. The number of aromatic nitrogens is 2. The van der Waals surface area contributed by atoms with Gasteiger partial charge in [0.1, 0.15) is 18.1 Å². The largest absolute Gasteiger partial charge is 0.573 e. The second kappa shape index (κ2) is 9.27. The number of carboxylic acid groups (broad SMARTS) is 1. The Kier molecular flexibility index (Phi) is 6.71. The van der Waals surface area contributed by atoms with Crippen molar-refractivity contribution in [1.82, 2.24) is 9.97 Å². The van der Waals surface area contributed by atoms with Crippen LogP contribution < -0.4 is 15.4 Å². The third-order valence-electron chi connectivity index (χ3n) is 3.70. The quantitative estimate of drug-likeness (QED) is 0.412. The predicted molar refractivity (Wildman–Crippen MR) is 110 cm³/mol. The van der Waals surface area contributed by atoms with Crippen LogP contribution in [0.4, 0.5) is 30.6 Å². The molecular formula is C19H13Cl2F3N4O3.